The van der Waals surface area contributed by atoms with Crippen LogP contribution >= 0.6 is 11.3 Å². The van der Waals surface area contributed by atoms with Gasteiger partial charge in [0.15, 0.2) is 5.13 Å². The summed E-state index contributed by atoms with van der Waals surface area (Å²) in [7, 11) is 1.27. The van der Waals surface area contributed by atoms with Gasteiger partial charge in [0, 0.05) is 5.56 Å². The van der Waals surface area contributed by atoms with E-state index in [1.54, 1.807) is 37.3 Å². The van der Waals surface area contributed by atoms with Gasteiger partial charge in [-0.1, -0.05) is 79.8 Å². The first-order chi connectivity index (χ1) is 16.2. The van der Waals surface area contributed by atoms with Crippen molar-refractivity contribution in [3.05, 3.63) is 87.4 Å². The Kier molecular flexibility index (Phi) is 6.34. The summed E-state index contributed by atoms with van der Waals surface area (Å²) in [6.45, 7) is 5.78. The Balaban J connectivity index is 1.92. The lowest BCUT2D eigenvalue weighted by Crippen LogP contribution is -2.29. The second-order valence-electron chi connectivity index (χ2n) is 8.26. The number of hydrogen-bond acceptors (Lipinski definition) is 7. The highest BCUT2D eigenvalue weighted by molar-refractivity contribution is 7.17. The van der Waals surface area contributed by atoms with Crippen LogP contribution in [0.1, 0.15) is 57.9 Å². The van der Waals surface area contributed by atoms with Crippen LogP contribution in [0.2, 0.25) is 0 Å². The molecule has 7 nitrogen and oxygen atoms in total. The van der Waals surface area contributed by atoms with Crippen LogP contribution in [-0.4, -0.2) is 34.9 Å². The maximum absolute atomic E-state index is 13.3. The molecule has 1 aliphatic rings. The summed E-state index contributed by atoms with van der Waals surface area (Å²) >= 11 is 0.974. The van der Waals surface area contributed by atoms with Gasteiger partial charge in [-0.15, -0.1) is 0 Å². The number of thiazole rings is 1. The van der Waals surface area contributed by atoms with Gasteiger partial charge in [-0.2, -0.15) is 0 Å². The van der Waals surface area contributed by atoms with Crippen LogP contribution in [0.4, 0.5) is 5.13 Å². The fraction of sp³-hybridized carbons (Fsp3) is 0.231. The predicted octanol–water partition coefficient (Wildman–Crippen LogP) is 4.99. The van der Waals surface area contributed by atoms with E-state index in [2.05, 4.69) is 18.8 Å². The molecule has 3 aromatic rings. The number of aliphatic hydroxyl groups excluding tert-OH is 1. The van der Waals surface area contributed by atoms with Gasteiger partial charge in [0.1, 0.15) is 10.6 Å². The van der Waals surface area contributed by atoms with Crippen molar-refractivity contribution in [2.45, 2.75) is 32.7 Å². The van der Waals surface area contributed by atoms with Crippen molar-refractivity contribution >= 4 is 39.9 Å². The first kappa shape index (κ1) is 23.4. The lowest BCUT2D eigenvalue weighted by molar-refractivity contribution is -0.132. The molecule has 0 unspecified atom stereocenters. The van der Waals surface area contributed by atoms with Gasteiger partial charge in [0.05, 0.1) is 24.4 Å². The van der Waals surface area contributed by atoms with Gasteiger partial charge < -0.3 is 9.84 Å². The largest absolute Gasteiger partial charge is 0.507 e. The number of anilines is 1. The van der Waals surface area contributed by atoms with Crippen molar-refractivity contribution in [3.8, 4) is 0 Å². The second kappa shape index (κ2) is 9.23. The van der Waals surface area contributed by atoms with E-state index in [1.165, 1.54) is 12.0 Å². The Labute approximate surface area is 201 Å². The summed E-state index contributed by atoms with van der Waals surface area (Å²) in [5.74, 6) is -2.16. The molecule has 1 fully saturated rings. The molecule has 34 heavy (non-hydrogen) atoms. The van der Waals surface area contributed by atoms with Crippen LogP contribution in [0.5, 0.6) is 0 Å². The minimum Gasteiger partial charge on any atom is -0.507 e. The highest BCUT2D eigenvalue weighted by atomic mass is 32.1. The van der Waals surface area contributed by atoms with Crippen LogP contribution < -0.4 is 4.90 Å². The molecular formula is C26H24N2O5S. The van der Waals surface area contributed by atoms with Crippen LogP contribution in [0.15, 0.2) is 60.2 Å². The number of benzene rings is 2. The Morgan fingerprint density at radius 3 is 2.32 bits per heavy atom. The summed E-state index contributed by atoms with van der Waals surface area (Å²) in [6.07, 6.45) is 0. The van der Waals surface area contributed by atoms with Crippen LogP contribution in [-0.2, 0) is 14.3 Å². The van der Waals surface area contributed by atoms with Gasteiger partial charge in [0.2, 0.25) is 0 Å². The molecule has 1 aliphatic heterocycles. The highest BCUT2D eigenvalue weighted by Crippen LogP contribution is 2.44. The molecule has 1 amide bonds. The average Bonchev–Trinajstić information content (AvgIpc) is 3.35. The lowest BCUT2D eigenvalue weighted by atomic mass is 9.93. The Bertz CT molecular complexity index is 1290. The minimum atomic E-state index is -0.905. The molecule has 0 radical (unpaired) electrons. The van der Waals surface area contributed by atoms with Gasteiger partial charge in [-0.25, -0.2) is 9.78 Å². The van der Waals surface area contributed by atoms with Crippen molar-refractivity contribution in [2.24, 2.45) is 0 Å². The van der Waals surface area contributed by atoms with E-state index in [0.717, 1.165) is 16.9 Å². The number of nitrogens with zero attached hydrogens (tertiary/aromatic N) is 2. The first-order valence-electron chi connectivity index (χ1n) is 10.8. The zero-order valence-electron chi connectivity index (χ0n) is 19.2. The topological polar surface area (TPSA) is 96.8 Å². The average molecular weight is 477 g/mol. The number of amides is 1. The van der Waals surface area contributed by atoms with Crippen LogP contribution in [0.3, 0.4) is 0 Å². The molecule has 0 saturated carbocycles. The maximum Gasteiger partial charge on any atom is 0.350 e. The van der Waals surface area contributed by atoms with Crippen molar-refractivity contribution in [3.63, 3.8) is 0 Å². The first-order valence-corrected chi connectivity index (χ1v) is 11.6. The summed E-state index contributed by atoms with van der Waals surface area (Å²) in [5, 5.41) is 11.3. The maximum atomic E-state index is 13.3. The zero-order valence-corrected chi connectivity index (χ0v) is 20.1. The molecule has 1 atom stereocenters. The summed E-state index contributed by atoms with van der Waals surface area (Å²) in [4.78, 5) is 44.5. The minimum absolute atomic E-state index is 0.0269. The Morgan fingerprint density at radius 1 is 1.09 bits per heavy atom. The quantitative estimate of drug-likeness (QED) is 0.241. The molecular weight excluding hydrogens is 452 g/mol. The van der Waals surface area contributed by atoms with E-state index >= 15 is 0 Å². The molecule has 2 heterocycles. The van der Waals surface area contributed by atoms with Crippen LogP contribution in [0, 0.1) is 6.92 Å². The molecule has 8 heteroatoms. The number of carbonyl (C=O) groups is 3. The lowest BCUT2D eigenvalue weighted by Gasteiger charge is -2.23. The number of aromatic nitrogens is 1. The monoisotopic (exact) mass is 476 g/mol. The molecule has 0 aliphatic carbocycles. The van der Waals surface area contributed by atoms with E-state index in [1.807, 2.05) is 24.3 Å². The van der Waals surface area contributed by atoms with Gasteiger partial charge in [0.25, 0.3) is 5.78 Å². The predicted molar refractivity (Wildman–Crippen MR) is 130 cm³/mol. The third-order valence-corrected chi connectivity index (χ3v) is 6.91. The van der Waals surface area contributed by atoms with Crippen molar-refractivity contribution in [1.82, 2.24) is 4.98 Å². The number of hydrogen-bond donors (Lipinski definition) is 1. The van der Waals surface area contributed by atoms with Crippen molar-refractivity contribution < 1.29 is 24.2 Å². The van der Waals surface area contributed by atoms with Gasteiger partial charge in [-0.05, 0) is 24.0 Å². The number of aliphatic hydroxyl groups is 1. The normalized spacial score (nSPS) is 17.4. The van der Waals surface area contributed by atoms with Crippen LogP contribution in [0.25, 0.3) is 5.76 Å². The smallest absolute Gasteiger partial charge is 0.350 e. The van der Waals surface area contributed by atoms with Gasteiger partial charge in [-0.3, -0.25) is 14.5 Å². The van der Waals surface area contributed by atoms with E-state index in [-0.39, 0.29) is 21.3 Å². The van der Waals surface area contributed by atoms with Gasteiger partial charge >= 0.3 is 11.9 Å². The van der Waals surface area contributed by atoms with Crippen molar-refractivity contribution in [1.29, 1.82) is 0 Å². The summed E-state index contributed by atoms with van der Waals surface area (Å²) in [5.41, 5.74) is 2.54. The molecule has 4 rings (SSSR count). The zero-order chi connectivity index (χ0) is 24.6. The number of ketones is 1. The standard InChI is InChI=1S/C26H24N2O5S/c1-14(2)16-10-12-17(13-11-16)20-19(21(29)18-8-6-5-7-9-18)22(30)24(31)28(20)26-27-15(3)23(34-26)25(32)33-4/h5-14,20,29H,1-4H3/t20-/m0/s1. The Hall–Kier alpha value is -3.78. The molecule has 1 aromatic heterocycles. The second-order valence-corrected chi connectivity index (χ2v) is 9.24. The number of aryl methyl sites for hydroxylation is 1. The fourth-order valence-corrected chi connectivity index (χ4v) is 4.94. The molecule has 174 valence electrons. The summed E-state index contributed by atoms with van der Waals surface area (Å²) < 4.78 is 4.82. The number of methoxy groups -OCH3 is 1. The van der Waals surface area contributed by atoms with E-state index in [4.69, 9.17) is 4.74 Å². The molecule has 1 saturated heterocycles. The summed E-state index contributed by atoms with van der Waals surface area (Å²) in [6, 6.07) is 15.3. The highest BCUT2D eigenvalue weighted by Gasteiger charge is 2.48. The molecule has 0 spiro atoms. The number of esters is 1. The number of carbonyl (C=O) groups excluding carboxylic acids is 3. The number of Topliss-reactive ketones (excluding diaryl/α,β-unsaturated/α-hetero) is 1. The fourth-order valence-electron chi connectivity index (χ4n) is 3.93. The number of ether oxygens (including phenoxy) is 1. The molecule has 0 bridgehead atoms. The SMILES string of the molecule is COC(=O)c1sc(N2C(=O)C(=O)C(=C(O)c3ccccc3)[C@@H]2c2ccc(C(C)C)cc2)nc1C. The number of rotatable bonds is 5. The third-order valence-electron chi connectivity index (χ3n) is 5.77. The Morgan fingerprint density at radius 2 is 1.74 bits per heavy atom. The van der Waals surface area contributed by atoms with E-state index in [9.17, 15) is 19.5 Å². The van der Waals surface area contributed by atoms with Crippen molar-refractivity contribution in [2.75, 3.05) is 12.0 Å². The van der Waals surface area contributed by atoms with E-state index < -0.39 is 23.7 Å². The molecule has 1 N–H and O–H groups in total. The molecule has 2 aromatic carbocycles. The van der Waals surface area contributed by atoms with E-state index in [0.29, 0.717) is 22.7 Å². The third kappa shape index (κ3) is 4.01.